The van der Waals surface area contributed by atoms with E-state index in [1.807, 2.05) is 6.92 Å². The molecule has 15 heavy (non-hydrogen) atoms. The van der Waals surface area contributed by atoms with Crippen LogP contribution in [0.5, 0.6) is 0 Å². The van der Waals surface area contributed by atoms with Gasteiger partial charge in [0.25, 0.3) is 0 Å². The molecule has 2 nitrogen and oxygen atoms in total. The summed E-state index contributed by atoms with van der Waals surface area (Å²) in [6.07, 6.45) is 1.31. The van der Waals surface area contributed by atoms with Gasteiger partial charge in [-0.2, -0.15) is 0 Å². The fraction of sp³-hybridized carbons (Fsp3) is 0.538. The molecule has 1 heterocycles. The summed E-state index contributed by atoms with van der Waals surface area (Å²) < 4.78 is 0. The third-order valence-electron chi connectivity index (χ3n) is 3.21. The third-order valence-corrected chi connectivity index (χ3v) is 3.21. The SMILES string of the molecule is CC1CCN(c2ccc([C@H](C)N)cc2)C1. The van der Waals surface area contributed by atoms with Crippen molar-refractivity contribution in [2.75, 3.05) is 18.0 Å². The first-order chi connectivity index (χ1) is 7.16. The van der Waals surface area contributed by atoms with Crippen molar-refractivity contribution >= 4 is 5.69 Å². The topological polar surface area (TPSA) is 29.3 Å². The van der Waals surface area contributed by atoms with Gasteiger partial charge in [0.15, 0.2) is 0 Å². The van der Waals surface area contributed by atoms with E-state index in [1.54, 1.807) is 0 Å². The van der Waals surface area contributed by atoms with Crippen LogP contribution in [0.4, 0.5) is 5.69 Å². The van der Waals surface area contributed by atoms with E-state index < -0.39 is 0 Å². The van der Waals surface area contributed by atoms with Crippen LogP contribution >= 0.6 is 0 Å². The maximum Gasteiger partial charge on any atom is 0.0366 e. The average molecular weight is 204 g/mol. The summed E-state index contributed by atoms with van der Waals surface area (Å²) in [5.41, 5.74) is 8.38. The number of hydrogen-bond donors (Lipinski definition) is 1. The first-order valence-electron chi connectivity index (χ1n) is 5.77. The molecular weight excluding hydrogens is 184 g/mol. The first-order valence-corrected chi connectivity index (χ1v) is 5.77. The molecule has 2 N–H and O–H groups in total. The van der Waals surface area contributed by atoms with E-state index in [-0.39, 0.29) is 6.04 Å². The number of anilines is 1. The van der Waals surface area contributed by atoms with E-state index in [9.17, 15) is 0 Å². The van der Waals surface area contributed by atoms with Crippen LogP contribution in [0.2, 0.25) is 0 Å². The van der Waals surface area contributed by atoms with E-state index in [1.165, 1.54) is 30.8 Å². The molecule has 2 rings (SSSR count). The van der Waals surface area contributed by atoms with E-state index in [4.69, 9.17) is 5.73 Å². The van der Waals surface area contributed by atoms with Crippen LogP contribution < -0.4 is 10.6 Å². The minimum absolute atomic E-state index is 0.136. The van der Waals surface area contributed by atoms with Crippen molar-refractivity contribution < 1.29 is 0 Å². The zero-order valence-corrected chi connectivity index (χ0v) is 9.61. The maximum atomic E-state index is 5.83. The number of hydrogen-bond acceptors (Lipinski definition) is 2. The van der Waals surface area contributed by atoms with Gasteiger partial charge in [-0.1, -0.05) is 19.1 Å². The van der Waals surface area contributed by atoms with Crippen molar-refractivity contribution in [3.63, 3.8) is 0 Å². The minimum Gasteiger partial charge on any atom is -0.371 e. The van der Waals surface area contributed by atoms with Crippen LogP contribution in [0, 0.1) is 5.92 Å². The monoisotopic (exact) mass is 204 g/mol. The van der Waals surface area contributed by atoms with E-state index >= 15 is 0 Å². The van der Waals surface area contributed by atoms with Gasteiger partial charge in [0, 0.05) is 24.8 Å². The van der Waals surface area contributed by atoms with Crippen molar-refractivity contribution in [2.24, 2.45) is 11.7 Å². The minimum atomic E-state index is 0.136. The van der Waals surface area contributed by atoms with Gasteiger partial charge in [-0.15, -0.1) is 0 Å². The summed E-state index contributed by atoms with van der Waals surface area (Å²) in [6, 6.07) is 8.80. The predicted octanol–water partition coefficient (Wildman–Crippen LogP) is 2.55. The lowest BCUT2D eigenvalue weighted by atomic mass is 10.1. The van der Waals surface area contributed by atoms with Crippen LogP contribution in [-0.4, -0.2) is 13.1 Å². The molecule has 1 aliphatic rings. The van der Waals surface area contributed by atoms with Crippen molar-refractivity contribution in [3.8, 4) is 0 Å². The maximum absolute atomic E-state index is 5.83. The summed E-state index contributed by atoms with van der Waals surface area (Å²) in [6.45, 7) is 6.72. The Hall–Kier alpha value is -1.02. The first kappa shape index (κ1) is 10.5. The number of nitrogens with zero attached hydrogens (tertiary/aromatic N) is 1. The van der Waals surface area contributed by atoms with Gasteiger partial charge in [0.1, 0.15) is 0 Å². The van der Waals surface area contributed by atoms with E-state index in [2.05, 4.69) is 36.1 Å². The molecule has 0 aromatic heterocycles. The highest BCUT2D eigenvalue weighted by molar-refractivity contribution is 5.48. The second kappa shape index (κ2) is 4.23. The molecule has 0 spiro atoms. The zero-order valence-electron chi connectivity index (χ0n) is 9.61. The van der Waals surface area contributed by atoms with E-state index in [0.29, 0.717) is 0 Å². The summed E-state index contributed by atoms with van der Waals surface area (Å²) >= 11 is 0. The highest BCUT2D eigenvalue weighted by Crippen LogP contribution is 2.24. The smallest absolute Gasteiger partial charge is 0.0366 e. The van der Waals surface area contributed by atoms with Gasteiger partial charge in [-0.25, -0.2) is 0 Å². The molecule has 1 fully saturated rings. The molecule has 1 saturated heterocycles. The molecule has 0 saturated carbocycles. The Kier molecular flexibility index (Phi) is 2.96. The Labute approximate surface area is 92.1 Å². The highest BCUT2D eigenvalue weighted by Gasteiger charge is 2.18. The van der Waals surface area contributed by atoms with Gasteiger partial charge in [-0.05, 0) is 37.0 Å². The average Bonchev–Trinajstić information content (AvgIpc) is 2.65. The van der Waals surface area contributed by atoms with Crippen LogP contribution in [0.25, 0.3) is 0 Å². The van der Waals surface area contributed by atoms with Crippen LogP contribution in [0.1, 0.15) is 31.9 Å². The Morgan fingerprint density at radius 3 is 2.47 bits per heavy atom. The summed E-state index contributed by atoms with van der Waals surface area (Å²) in [7, 11) is 0. The molecule has 0 aliphatic carbocycles. The Bertz CT molecular complexity index is 316. The summed E-state index contributed by atoms with van der Waals surface area (Å²) in [4.78, 5) is 2.45. The zero-order chi connectivity index (χ0) is 10.8. The lowest BCUT2D eigenvalue weighted by Crippen LogP contribution is -2.19. The fourth-order valence-corrected chi connectivity index (χ4v) is 2.16. The number of benzene rings is 1. The Balaban J connectivity index is 2.10. The van der Waals surface area contributed by atoms with Crippen molar-refractivity contribution in [1.82, 2.24) is 0 Å². The predicted molar refractivity (Wildman–Crippen MR) is 65.0 cm³/mol. The second-order valence-corrected chi connectivity index (χ2v) is 4.72. The molecule has 2 atom stereocenters. The lowest BCUT2D eigenvalue weighted by Gasteiger charge is -2.18. The summed E-state index contributed by atoms with van der Waals surface area (Å²) in [5.74, 6) is 0.832. The molecular formula is C13H20N2. The second-order valence-electron chi connectivity index (χ2n) is 4.72. The molecule has 0 radical (unpaired) electrons. The lowest BCUT2D eigenvalue weighted by molar-refractivity contribution is 0.659. The summed E-state index contributed by atoms with van der Waals surface area (Å²) in [5, 5.41) is 0. The molecule has 1 aliphatic heterocycles. The molecule has 1 aromatic rings. The van der Waals surface area contributed by atoms with Crippen LogP contribution in [-0.2, 0) is 0 Å². The van der Waals surface area contributed by atoms with Crippen LogP contribution in [0.3, 0.4) is 0 Å². The van der Waals surface area contributed by atoms with Gasteiger partial charge in [-0.3, -0.25) is 0 Å². The standard InChI is InChI=1S/C13H20N2/c1-10-7-8-15(9-10)13-5-3-12(4-6-13)11(2)14/h3-6,10-11H,7-9,14H2,1-2H3/t10?,11-/m0/s1. The van der Waals surface area contributed by atoms with E-state index in [0.717, 1.165) is 5.92 Å². The molecule has 1 aromatic carbocycles. The largest absolute Gasteiger partial charge is 0.371 e. The number of nitrogens with two attached hydrogens (primary N) is 1. The fourth-order valence-electron chi connectivity index (χ4n) is 2.16. The van der Waals surface area contributed by atoms with Crippen molar-refractivity contribution in [1.29, 1.82) is 0 Å². The highest BCUT2D eigenvalue weighted by atomic mass is 15.1. The quantitative estimate of drug-likeness (QED) is 0.802. The van der Waals surface area contributed by atoms with Gasteiger partial charge in [0.2, 0.25) is 0 Å². The normalized spacial score (nSPS) is 23.1. The molecule has 1 unspecified atom stereocenters. The van der Waals surface area contributed by atoms with Gasteiger partial charge >= 0.3 is 0 Å². The van der Waals surface area contributed by atoms with Crippen molar-refractivity contribution in [3.05, 3.63) is 29.8 Å². The Morgan fingerprint density at radius 2 is 2.00 bits per heavy atom. The van der Waals surface area contributed by atoms with Crippen molar-refractivity contribution in [2.45, 2.75) is 26.3 Å². The van der Waals surface area contributed by atoms with Crippen LogP contribution in [0.15, 0.2) is 24.3 Å². The molecule has 0 amide bonds. The molecule has 2 heteroatoms. The van der Waals surface area contributed by atoms with Gasteiger partial charge < -0.3 is 10.6 Å². The molecule has 82 valence electrons. The van der Waals surface area contributed by atoms with Gasteiger partial charge in [0.05, 0.1) is 0 Å². The molecule has 0 bridgehead atoms. The number of rotatable bonds is 2. The Morgan fingerprint density at radius 1 is 1.33 bits per heavy atom. The third kappa shape index (κ3) is 2.32.